The van der Waals surface area contributed by atoms with E-state index < -0.39 is 22.9 Å². The van der Waals surface area contributed by atoms with E-state index in [1.807, 2.05) is 0 Å². The summed E-state index contributed by atoms with van der Waals surface area (Å²) in [7, 11) is 0. The number of alkyl halides is 3. The fraction of sp³-hybridized carbons (Fsp3) is 0.0526. The average molecular weight is 382 g/mol. The molecule has 0 saturated heterocycles. The van der Waals surface area contributed by atoms with E-state index in [9.17, 15) is 28.0 Å². The molecule has 3 heterocycles. The Morgan fingerprint density at radius 2 is 1.79 bits per heavy atom. The summed E-state index contributed by atoms with van der Waals surface area (Å²) < 4.78 is 41.4. The van der Waals surface area contributed by atoms with E-state index in [4.69, 9.17) is 0 Å². The first-order valence-corrected chi connectivity index (χ1v) is 7.96. The zero-order valence-electron chi connectivity index (χ0n) is 13.9. The fourth-order valence-corrected chi connectivity index (χ4v) is 2.95. The van der Waals surface area contributed by atoms with Crippen molar-refractivity contribution in [1.82, 2.24) is 14.0 Å². The van der Waals surface area contributed by atoms with E-state index in [1.54, 1.807) is 18.2 Å². The van der Waals surface area contributed by atoms with Crippen molar-refractivity contribution in [2.75, 3.05) is 0 Å². The highest BCUT2D eigenvalue weighted by atomic mass is 19.4. The van der Waals surface area contributed by atoms with E-state index in [-0.39, 0.29) is 27.9 Å². The summed E-state index contributed by atoms with van der Waals surface area (Å²) in [6.45, 7) is 0. The number of halogens is 3. The van der Waals surface area contributed by atoms with E-state index in [2.05, 4.69) is 4.98 Å². The summed E-state index contributed by atoms with van der Waals surface area (Å²) in [5.41, 5.74) is -2.80. The van der Waals surface area contributed by atoms with Crippen LogP contribution in [-0.2, 0) is 6.18 Å². The van der Waals surface area contributed by atoms with Crippen molar-refractivity contribution in [3.63, 3.8) is 0 Å². The summed E-state index contributed by atoms with van der Waals surface area (Å²) in [5, 5.41) is 9.21. The van der Waals surface area contributed by atoms with E-state index >= 15 is 0 Å². The second-order valence-electron chi connectivity index (χ2n) is 5.94. The standard InChI is InChI=1S/C19H9F3N4O2/c20-19(21,22)12-4-3-5-13(9-12)26-16-14(8-11(10-23)17(26)27)18(28)25-7-2-1-6-15(25)24-16/h1-9H. The van der Waals surface area contributed by atoms with Gasteiger partial charge in [-0.1, -0.05) is 12.1 Å². The minimum absolute atomic E-state index is 0.0581. The van der Waals surface area contributed by atoms with E-state index in [0.29, 0.717) is 0 Å². The van der Waals surface area contributed by atoms with Gasteiger partial charge in [0.2, 0.25) is 0 Å². The Bertz CT molecular complexity index is 1410. The van der Waals surface area contributed by atoms with Crippen LogP contribution in [0.4, 0.5) is 13.2 Å². The molecule has 0 radical (unpaired) electrons. The maximum atomic E-state index is 13.1. The second kappa shape index (κ2) is 6.06. The van der Waals surface area contributed by atoms with Crippen LogP contribution in [0, 0.1) is 11.3 Å². The lowest BCUT2D eigenvalue weighted by Gasteiger charge is -2.13. The molecule has 0 aliphatic rings. The normalized spacial score (nSPS) is 11.6. The Morgan fingerprint density at radius 1 is 1.00 bits per heavy atom. The summed E-state index contributed by atoms with van der Waals surface area (Å²) in [4.78, 5) is 29.8. The number of nitriles is 1. The molecule has 9 heteroatoms. The van der Waals surface area contributed by atoms with Gasteiger partial charge in [0.25, 0.3) is 11.1 Å². The molecule has 138 valence electrons. The van der Waals surface area contributed by atoms with Crippen molar-refractivity contribution in [3.05, 3.63) is 86.6 Å². The quantitative estimate of drug-likeness (QED) is 0.474. The van der Waals surface area contributed by atoms with Gasteiger partial charge in [-0.3, -0.25) is 18.6 Å². The van der Waals surface area contributed by atoms with Gasteiger partial charge in [0, 0.05) is 6.20 Å². The highest BCUT2D eigenvalue weighted by Gasteiger charge is 2.31. The lowest BCUT2D eigenvalue weighted by Crippen LogP contribution is -2.26. The van der Waals surface area contributed by atoms with Crippen molar-refractivity contribution < 1.29 is 13.2 Å². The van der Waals surface area contributed by atoms with Crippen molar-refractivity contribution in [1.29, 1.82) is 5.26 Å². The molecule has 0 aliphatic carbocycles. The topological polar surface area (TPSA) is 80.2 Å². The number of fused-ring (bicyclic) bond motifs is 2. The highest BCUT2D eigenvalue weighted by molar-refractivity contribution is 5.79. The monoisotopic (exact) mass is 382 g/mol. The Morgan fingerprint density at radius 3 is 2.50 bits per heavy atom. The van der Waals surface area contributed by atoms with Gasteiger partial charge in [-0.25, -0.2) is 4.98 Å². The third-order valence-electron chi connectivity index (χ3n) is 4.24. The van der Waals surface area contributed by atoms with Gasteiger partial charge in [-0.15, -0.1) is 0 Å². The Balaban J connectivity index is 2.20. The van der Waals surface area contributed by atoms with Crippen molar-refractivity contribution in [2.45, 2.75) is 6.18 Å². The van der Waals surface area contributed by atoms with Crippen LogP contribution in [0.5, 0.6) is 0 Å². The van der Waals surface area contributed by atoms with Gasteiger partial charge in [0.05, 0.1) is 16.6 Å². The van der Waals surface area contributed by atoms with Crippen molar-refractivity contribution >= 4 is 16.7 Å². The molecule has 0 spiro atoms. The first-order valence-electron chi connectivity index (χ1n) is 7.96. The van der Waals surface area contributed by atoms with Crippen LogP contribution in [0.1, 0.15) is 11.1 Å². The third-order valence-corrected chi connectivity index (χ3v) is 4.24. The smallest absolute Gasteiger partial charge is 0.268 e. The molecule has 28 heavy (non-hydrogen) atoms. The van der Waals surface area contributed by atoms with Crippen molar-refractivity contribution in [3.8, 4) is 11.8 Å². The van der Waals surface area contributed by atoms with Crippen LogP contribution in [0.15, 0.2) is 64.3 Å². The predicted octanol–water partition coefficient (Wildman–Crippen LogP) is 2.89. The molecule has 0 unspecified atom stereocenters. The molecular formula is C19H9F3N4O2. The predicted molar refractivity (Wildman–Crippen MR) is 94.3 cm³/mol. The van der Waals surface area contributed by atoms with Gasteiger partial charge >= 0.3 is 6.18 Å². The first-order chi connectivity index (χ1) is 13.3. The van der Waals surface area contributed by atoms with Crippen LogP contribution in [0.25, 0.3) is 22.4 Å². The van der Waals surface area contributed by atoms with E-state index in [0.717, 1.165) is 28.8 Å². The lowest BCUT2D eigenvalue weighted by molar-refractivity contribution is -0.137. The maximum absolute atomic E-state index is 13.1. The van der Waals surface area contributed by atoms with Crippen LogP contribution < -0.4 is 11.1 Å². The zero-order valence-corrected chi connectivity index (χ0v) is 13.9. The molecule has 6 nitrogen and oxygen atoms in total. The zero-order chi connectivity index (χ0) is 20.1. The molecule has 0 amide bonds. The van der Waals surface area contributed by atoms with Gasteiger partial charge in [0.1, 0.15) is 17.3 Å². The van der Waals surface area contributed by atoms with Gasteiger partial charge in [0.15, 0.2) is 5.65 Å². The largest absolute Gasteiger partial charge is 0.416 e. The molecule has 1 aromatic carbocycles. The highest BCUT2D eigenvalue weighted by Crippen LogP contribution is 2.30. The van der Waals surface area contributed by atoms with Crippen LogP contribution in [0.3, 0.4) is 0 Å². The van der Waals surface area contributed by atoms with Gasteiger partial charge < -0.3 is 0 Å². The van der Waals surface area contributed by atoms with Crippen molar-refractivity contribution in [2.24, 2.45) is 0 Å². The summed E-state index contributed by atoms with van der Waals surface area (Å²) >= 11 is 0. The number of pyridine rings is 2. The summed E-state index contributed by atoms with van der Waals surface area (Å²) in [6, 6.07) is 11.6. The molecule has 3 aromatic heterocycles. The number of hydrogen-bond acceptors (Lipinski definition) is 4. The van der Waals surface area contributed by atoms with E-state index in [1.165, 1.54) is 22.7 Å². The fourth-order valence-electron chi connectivity index (χ4n) is 2.95. The number of benzene rings is 1. The number of rotatable bonds is 1. The van der Waals surface area contributed by atoms with Crippen LogP contribution >= 0.6 is 0 Å². The third kappa shape index (κ3) is 2.63. The minimum atomic E-state index is -4.62. The molecule has 0 atom stereocenters. The SMILES string of the molecule is N#Cc1cc2c(=O)n3ccccc3nc2n(-c2cccc(C(F)(F)F)c2)c1=O. The maximum Gasteiger partial charge on any atom is 0.416 e. The summed E-state index contributed by atoms with van der Waals surface area (Å²) in [6.07, 6.45) is -3.15. The molecular weight excluding hydrogens is 373 g/mol. The average Bonchev–Trinajstić information content (AvgIpc) is 2.67. The lowest BCUT2D eigenvalue weighted by atomic mass is 10.1. The Hall–Kier alpha value is -3.93. The number of hydrogen-bond donors (Lipinski definition) is 0. The number of nitrogens with zero attached hydrogens (tertiary/aromatic N) is 4. The molecule has 0 N–H and O–H groups in total. The van der Waals surface area contributed by atoms with Gasteiger partial charge in [-0.2, -0.15) is 18.4 Å². The molecule has 4 aromatic rings. The Labute approximate surface area is 154 Å². The summed E-state index contributed by atoms with van der Waals surface area (Å²) in [5.74, 6) is 0. The van der Waals surface area contributed by atoms with Crippen LogP contribution in [0.2, 0.25) is 0 Å². The molecule has 0 saturated carbocycles. The second-order valence-corrected chi connectivity index (χ2v) is 5.94. The van der Waals surface area contributed by atoms with Crippen LogP contribution in [-0.4, -0.2) is 14.0 Å². The molecule has 0 bridgehead atoms. The van der Waals surface area contributed by atoms with Gasteiger partial charge in [-0.05, 0) is 36.4 Å². The first kappa shape index (κ1) is 17.5. The Kier molecular flexibility index (Phi) is 3.78. The molecule has 0 aliphatic heterocycles. The minimum Gasteiger partial charge on any atom is -0.268 e. The number of aromatic nitrogens is 3. The molecule has 4 rings (SSSR count). The molecule has 0 fully saturated rings.